The van der Waals surface area contributed by atoms with Crippen molar-refractivity contribution in [3.05, 3.63) is 23.8 Å². The third kappa shape index (κ3) is 3.38. The molecule has 3 N–H and O–H groups in total. The van der Waals surface area contributed by atoms with Crippen molar-refractivity contribution in [2.75, 3.05) is 25.9 Å². The molecule has 0 aliphatic carbocycles. The van der Waals surface area contributed by atoms with Gasteiger partial charge in [-0.3, -0.25) is 0 Å². The maximum Gasteiger partial charge on any atom is 0.339 e. The number of aromatic carboxylic acids is 1. The Morgan fingerprint density at radius 1 is 1.58 bits per heavy atom. The third-order valence-electron chi connectivity index (χ3n) is 3.62. The number of nitrogen functional groups attached to an aromatic ring is 1. The summed E-state index contributed by atoms with van der Waals surface area (Å²) in [6.07, 6.45) is 3.31. The number of likely N-dealkylation sites (tertiary alicyclic amines) is 1. The molecule has 1 unspecified atom stereocenters. The highest BCUT2D eigenvalue weighted by atomic mass is 16.5. The number of anilines is 1. The fourth-order valence-electron chi connectivity index (χ4n) is 2.48. The van der Waals surface area contributed by atoms with Crippen molar-refractivity contribution in [3.63, 3.8) is 0 Å². The van der Waals surface area contributed by atoms with Crippen LogP contribution in [0.3, 0.4) is 0 Å². The van der Waals surface area contributed by atoms with Crippen molar-refractivity contribution in [2.24, 2.45) is 0 Å². The third-order valence-corrected chi connectivity index (χ3v) is 3.62. The average molecular weight is 264 g/mol. The summed E-state index contributed by atoms with van der Waals surface area (Å²) in [4.78, 5) is 13.4. The lowest BCUT2D eigenvalue weighted by atomic mass is 10.1. The number of nitrogens with two attached hydrogens (primary N) is 1. The summed E-state index contributed by atoms with van der Waals surface area (Å²) < 4.78 is 5.60. The van der Waals surface area contributed by atoms with Crippen LogP contribution < -0.4 is 10.5 Å². The predicted octanol–water partition coefficient (Wildman–Crippen LogP) is 1.83. The van der Waals surface area contributed by atoms with E-state index < -0.39 is 5.97 Å². The van der Waals surface area contributed by atoms with Crippen molar-refractivity contribution < 1.29 is 14.6 Å². The largest absolute Gasteiger partial charge is 0.493 e. The minimum atomic E-state index is -0.993. The monoisotopic (exact) mass is 264 g/mol. The lowest BCUT2D eigenvalue weighted by Gasteiger charge is -2.19. The highest BCUT2D eigenvalue weighted by Gasteiger charge is 2.20. The molecule has 0 amide bonds. The Kier molecular flexibility index (Phi) is 4.27. The number of carboxylic acids is 1. The van der Waals surface area contributed by atoms with Gasteiger partial charge in [0, 0.05) is 17.8 Å². The van der Waals surface area contributed by atoms with Crippen LogP contribution in [-0.2, 0) is 0 Å². The van der Waals surface area contributed by atoms with Crippen LogP contribution in [0.15, 0.2) is 18.2 Å². The minimum Gasteiger partial charge on any atom is -0.493 e. The second kappa shape index (κ2) is 5.93. The van der Waals surface area contributed by atoms with Crippen LogP contribution in [0, 0.1) is 0 Å². The average Bonchev–Trinajstić information content (AvgIpc) is 2.75. The zero-order valence-electron chi connectivity index (χ0n) is 11.1. The predicted molar refractivity (Wildman–Crippen MR) is 73.6 cm³/mol. The van der Waals surface area contributed by atoms with Gasteiger partial charge in [-0.05, 0) is 45.0 Å². The highest BCUT2D eigenvalue weighted by molar-refractivity contribution is 5.91. The Labute approximate surface area is 113 Å². The van der Waals surface area contributed by atoms with Crippen molar-refractivity contribution >= 4 is 11.7 Å². The first-order valence-electron chi connectivity index (χ1n) is 6.54. The number of hydrogen-bond donors (Lipinski definition) is 2. The summed E-state index contributed by atoms with van der Waals surface area (Å²) >= 11 is 0. The van der Waals surface area contributed by atoms with Crippen molar-refractivity contribution in [2.45, 2.75) is 25.3 Å². The van der Waals surface area contributed by atoms with Gasteiger partial charge in [0.15, 0.2) is 0 Å². The first-order valence-corrected chi connectivity index (χ1v) is 6.54. The van der Waals surface area contributed by atoms with Gasteiger partial charge in [0.25, 0.3) is 0 Å². The first-order chi connectivity index (χ1) is 9.08. The van der Waals surface area contributed by atoms with E-state index in [1.54, 1.807) is 12.1 Å². The maximum atomic E-state index is 11.1. The van der Waals surface area contributed by atoms with E-state index in [0.717, 1.165) is 13.0 Å². The SMILES string of the molecule is CN1CCCC1CCOc1cc(N)ccc1C(=O)O. The minimum absolute atomic E-state index is 0.161. The summed E-state index contributed by atoms with van der Waals surface area (Å²) in [5.74, 6) is -0.638. The van der Waals surface area contributed by atoms with Crippen molar-refractivity contribution in [1.29, 1.82) is 0 Å². The summed E-state index contributed by atoms with van der Waals surface area (Å²) in [6.45, 7) is 1.64. The molecule has 5 heteroatoms. The molecule has 1 fully saturated rings. The van der Waals surface area contributed by atoms with Crippen LogP contribution in [0.25, 0.3) is 0 Å². The van der Waals surface area contributed by atoms with E-state index in [2.05, 4.69) is 11.9 Å². The molecular formula is C14H20N2O3. The van der Waals surface area contributed by atoms with Crippen LogP contribution in [-0.4, -0.2) is 42.2 Å². The van der Waals surface area contributed by atoms with E-state index in [-0.39, 0.29) is 5.56 Å². The molecule has 0 saturated carbocycles. The van der Waals surface area contributed by atoms with Gasteiger partial charge >= 0.3 is 5.97 Å². The van der Waals surface area contributed by atoms with Gasteiger partial charge < -0.3 is 20.5 Å². The van der Waals surface area contributed by atoms with Gasteiger partial charge in [0.1, 0.15) is 11.3 Å². The second-order valence-electron chi connectivity index (χ2n) is 4.97. The lowest BCUT2D eigenvalue weighted by molar-refractivity contribution is 0.0692. The molecule has 1 aromatic rings. The summed E-state index contributed by atoms with van der Waals surface area (Å²) in [5.41, 5.74) is 6.34. The molecule has 104 valence electrons. The van der Waals surface area contributed by atoms with Crippen LogP contribution in [0.4, 0.5) is 5.69 Å². The van der Waals surface area contributed by atoms with E-state index in [1.807, 2.05) is 0 Å². The van der Waals surface area contributed by atoms with E-state index >= 15 is 0 Å². The molecule has 19 heavy (non-hydrogen) atoms. The summed E-state index contributed by atoms with van der Waals surface area (Å²) in [5, 5.41) is 9.08. The first kappa shape index (κ1) is 13.7. The van der Waals surface area contributed by atoms with Crippen LogP contribution in [0.5, 0.6) is 5.75 Å². The normalized spacial score (nSPS) is 19.5. The molecule has 1 saturated heterocycles. The molecule has 1 atom stereocenters. The van der Waals surface area contributed by atoms with Gasteiger partial charge in [-0.15, -0.1) is 0 Å². The summed E-state index contributed by atoms with van der Waals surface area (Å²) in [7, 11) is 2.11. The number of nitrogens with zero attached hydrogens (tertiary/aromatic N) is 1. The Morgan fingerprint density at radius 2 is 2.37 bits per heavy atom. The quantitative estimate of drug-likeness (QED) is 0.793. The number of carboxylic acid groups (broad SMARTS) is 1. The van der Waals surface area contributed by atoms with Gasteiger partial charge in [0.2, 0.25) is 0 Å². The molecule has 0 spiro atoms. The Hall–Kier alpha value is -1.75. The second-order valence-corrected chi connectivity index (χ2v) is 4.97. The molecular weight excluding hydrogens is 244 g/mol. The van der Waals surface area contributed by atoms with Gasteiger partial charge in [-0.1, -0.05) is 0 Å². The molecule has 1 aliphatic heterocycles. The smallest absolute Gasteiger partial charge is 0.339 e. The van der Waals surface area contributed by atoms with E-state index in [4.69, 9.17) is 15.6 Å². The molecule has 1 aliphatic rings. The number of benzene rings is 1. The zero-order valence-corrected chi connectivity index (χ0v) is 11.1. The molecule has 0 radical (unpaired) electrons. The number of rotatable bonds is 5. The maximum absolute atomic E-state index is 11.1. The number of carbonyl (C=O) groups is 1. The molecule has 1 aromatic carbocycles. The van der Waals surface area contributed by atoms with Crippen LogP contribution in [0.2, 0.25) is 0 Å². The highest BCUT2D eigenvalue weighted by Crippen LogP contribution is 2.23. The number of ether oxygens (including phenoxy) is 1. The van der Waals surface area contributed by atoms with Crippen molar-refractivity contribution in [1.82, 2.24) is 4.90 Å². The molecule has 2 rings (SSSR count). The fraction of sp³-hybridized carbons (Fsp3) is 0.500. The lowest BCUT2D eigenvalue weighted by Crippen LogP contribution is -2.26. The van der Waals surface area contributed by atoms with Gasteiger partial charge in [-0.2, -0.15) is 0 Å². The Balaban J connectivity index is 1.95. The van der Waals surface area contributed by atoms with E-state index in [9.17, 15) is 4.79 Å². The molecule has 5 nitrogen and oxygen atoms in total. The molecule has 0 bridgehead atoms. The summed E-state index contributed by atoms with van der Waals surface area (Å²) in [6, 6.07) is 5.16. The van der Waals surface area contributed by atoms with E-state index in [0.29, 0.717) is 24.1 Å². The van der Waals surface area contributed by atoms with Crippen LogP contribution >= 0.6 is 0 Å². The van der Waals surface area contributed by atoms with Crippen molar-refractivity contribution in [3.8, 4) is 5.75 Å². The van der Waals surface area contributed by atoms with Crippen LogP contribution in [0.1, 0.15) is 29.6 Å². The fourth-order valence-corrected chi connectivity index (χ4v) is 2.48. The zero-order chi connectivity index (χ0) is 13.8. The van der Waals surface area contributed by atoms with Gasteiger partial charge in [0.05, 0.1) is 6.61 Å². The topological polar surface area (TPSA) is 75.8 Å². The van der Waals surface area contributed by atoms with E-state index in [1.165, 1.54) is 18.9 Å². The Morgan fingerprint density at radius 3 is 3.00 bits per heavy atom. The number of hydrogen-bond acceptors (Lipinski definition) is 4. The Bertz CT molecular complexity index is 462. The molecule has 1 heterocycles. The molecule has 0 aromatic heterocycles. The standard InChI is InChI=1S/C14H20N2O3/c1-16-7-2-3-11(16)6-8-19-13-9-10(15)4-5-12(13)14(17)18/h4-5,9,11H,2-3,6-8,15H2,1H3,(H,17,18). The van der Waals surface area contributed by atoms with Gasteiger partial charge in [-0.25, -0.2) is 4.79 Å².